The van der Waals surface area contributed by atoms with Crippen LogP contribution in [0.4, 0.5) is 0 Å². The summed E-state index contributed by atoms with van der Waals surface area (Å²) in [6, 6.07) is 17.7. The van der Waals surface area contributed by atoms with E-state index in [1.807, 2.05) is 42.5 Å². The molecule has 0 radical (unpaired) electrons. The molecule has 1 saturated carbocycles. The third kappa shape index (κ3) is 5.46. The molecule has 2 fully saturated rings. The van der Waals surface area contributed by atoms with Crippen LogP contribution in [0.3, 0.4) is 0 Å². The Kier molecular flexibility index (Phi) is 6.62. The normalized spacial score (nSPS) is 25.6. The Bertz CT molecular complexity index is 921. The van der Waals surface area contributed by atoms with Crippen LogP contribution in [-0.4, -0.2) is 40.1 Å². The van der Waals surface area contributed by atoms with Gasteiger partial charge in [-0.2, -0.15) is 14.0 Å². The molecular formula is C22H24ClNO6. The number of fused-ring (bicyclic) bond motifs is 2. The summed E-state index contributed by atoms with van der Waals surface area (Å²) in [6.45, 7) is 0.958. The average Bonchev–Trinajstić information content (AvgIpc) is 2.67. The largest absolute Gasteiger partial charge is 0.508 e. The molecule has 1 heterocycles. The number of carbonyl (C=O) groups is 1. The molecule has 7 nitrogen and oxygen atoms in total. The summed E-state index contributed by atoms with van der Waals surface area (Å²) in [5.74, 6) is 0.510. The number of nitrogens with zero attached hydrogens (tertiary/aromatic N) is 1. The Morgan fingerprint density at radius 2 is 1.80 bits per heavy atom. The Morgan fingerprint density at radius 3 is 2.43 bits per heavy atom. The number of Topliss-reactive ketones (excluding diaryl/α,β-unsaturated/α-hetero) is 1. The van der Waals surface area contributed by atoms with Gasteiger partial charge >= 0.3 is 0 Å². The van der Waals surface area contributed by atoms with Gasteiger partial charge in [-0.15, -0.1) is 0 Å². The highest BCUT2D eigenvalue weighted by Gasteiger charge is 2.48. The molecule has 0 amide bonds. The second-order valence-corrected chi connectivity index (χ2v) is 8.58. The number of phenolic OH excluding ortho intramolecular Hbond substituents is 1. The minimum absolute atomic E-state index is 0.137. The van der Waals surface area contributed by atoms with Gasteiger partial charge in [0.2, 0.25) is 0 Å². The van der Waals surface area contributed by atoms with E-state index in [1.54, 1.807) is 6.07 Å². The molecule has 2 N–H and O–H groups in total. The zero-order chi connectivity index (χ0) is 21.9. The lowest BCUT2D eigenvalue weighted by Crippen LogP contribution is -2.58. The van der Waals surface area contributed by atoms with Crippen molar-refractivity contribution < 1.29 is 38.8 Å². The molecule has 2 atom stereocenters. The third-order valence-corrected chi connectivity index (χ3v) is 5.82. The number of likely N-dealkylation sites (tertiary alicyclic amines) is 1. The minimum Gasteiger partial charge on any atom is -0.508 e. The van der Waals surface area contributed by atoms with Crippen molar-refractivity contribution in [2.24, 2.45) is 0 Å². The van der Waals surface area contributed by atoms with Crippen molar-refractivity contribution in [1.82, 2.24) is 4.90 Å². The lowest BCUT2D eigenvalue weighted by molar-refractivity contribution is -1.92. The number of aromatic hydroxyl groups is 1. The van der Waals surface area contributed by atoms with Crippen molar-refractivity contribution in [3.8, 4) is 5.75 Å². The van der Waals surface area contributed by atoms with Crippen LogP contribution in [-0.2, 0) is 10.2 Å². The van der Waals surface area contributed by atoms with E-state index in [-0.39, 0.29) is 23.0 Å². The lowest BCUT2D eigenvalue weighted by Gasteiger charge is -2.50. The number of piperidine rings is 1. The Morgan fingerprint density at radius 1 is 1.13 bits per heavy atom. The second-order valence-electron chi connectivity index (χ2n) is 7.79. The molecule has 2 aliphatic rings. The quantitative estimate of drug-likeness (QED) is 0.619. The fourth-order valence-corrected chi connectivity index (χ4v) is 4.38. The van der Waals surface area contributed by atoms with Crippen LogP contribution in [0.15, 0.2) is 60.2 Å². The second kappa shape index (κ2) is 8.85. The molecule has 1 saturated heterocycles. The van der Waals surface area contributed by atoms with Crippen molar-refractivity contribution >= 4 is 11.9 Å². The van der Waals surface area contributed by atoms with Gasteiger partial charge in [0.1, 0.15) is 5.75 Å². The first-order valence-electron chi connectivity index (χ1n) is 9.50. The van der Waals surface area contributed by atoms with E-state index < -0.39 is 10.2 Å². The molecule has 0 spiro atoms. The Balaban J connectivity index is 0.000000461. The molecule has 1 aliphatic heterocycles. The van der Waals surface area contributed by atoms with Crippen LogP contribution in [0.25, 0.3) is 6.08 Å². The maximum atomic E-state index is 13.1. The van der Waals surface area contributed by atoms with Gasteiger partial charge in [-0.3, -0.25) is 9.69 Å². The molecule has 30 heavy (non-hydrogen) atoms. The number of phenols is 1. The first kappa shape index (κ1) is 22.4. The zero-order valence-electron chi connectivity index (χ0n) is 16.5. The van der Waals surface area contributed by atoms with Gasteiger partial charge in [-0.05, 0) is 55.8 Å². The fourth-order valence-electron chi connectivity index (χ4n) is 4.38. The van der Waals surface area contributed by atoms with Crippen molar-refractivity contribution in [2.75, 3.05) is 13.6 Å². The topological polar surface area (TPSA) is 130 Å². The molecule has 0 unspecified atom stereocenters. The standard InChI is InChI=1S/C22H23NO2.ClHO4/c1-23-11-10-22(17-8-5-9-18(24)13-17)14-20(23)19(21(25)15-22)12-16-6-3-2-4-7-16;2-1(3,4)5/h2-9,12-13,20,24H,10-11,14-15H2,1H3;(H,2,3,4,5)/b19-12+;/t20-,22+;/m1./s1. The van der Waals surface area contributed by atoms with Crippen molar-refractivity contribution in [3.05, 3.63) is 71.3 Å². The predicted octanol–water partition coefficient (Wildman–Crippen LogP) is -0.343. The van der Waals surface area contributed by atoms with Gasteiger partial charge in [0, 0.05) is 23.5 Å². The predicted molar refractivity (Wildman–Crippen MR) is 102 cm³/mol. The number of benzene rings is 2. The van der Waals surface area contributed by atoms with Gasteiger partial charge in [-0.1, -0.05) is 42.5 Å². The molecule has 4 rings (SSSR count). The highest BCUT2D eigenvalue weighted by atomic mass is 35.7. The number of carbonyl (C=O) groups excluding carboxylic acids is 1. The molecule has 2 bridgehead atoms. The zero-order valence-corrected chi connectivity index (χ0v) is 17.3. The Hall–Kier alpha value is -2.26. The van der Waals surface area contributed by atoms with E-state index in [4.69, 9.17) is 18.6 Å². The van der Waals surface area contributed by atoms with Crippen LogP contribution in [0.1, 0.15) is 30.4 Å². The average molecular weight is 434 g/mol. The molecule has 0 aromatic heterocycles. The number of likely N-dealkylation sites (N-methyl/N-ethyl adjacent to an activating group) is 1. The summed E-state index contributed by atoms with van der Waals surface area (Å²) in [7, 11) is -2.59. The van der Waals surface area contributed by atoms with E-state index in [1.165, 1.54) is 0 Å². The van der Waals surface area contributed by atoms with E-state index in [0.29, 0.717) is 6.42 Å². The lowest BCUT2D eigenvalue weighted by atomic mass is 9.61. The van der Waals surface area contributed by atoms with Gasteiger partial charge in [-0.25, -0.2) is 0 Å². The van der Waals surface area contributed by atoms with Crippen LogP contribution in [0.2, 0.25) is 0 Å². The molecule has 1 aliphatic carbocycles. The summed E-state index contributed by atoms with van der Waals surface area (Å²) in [5.41, 5.74) is 2.94. The van der Waals surface area contributed by atoms with Crippen LogP contribution in [0, 0.1) is 10.2 Å². The molecule has 2 aromatic rings. The van der Waals surface area contributed by atoms with Gasteiger partial charge in [0.25, 0.3) is 0 Å². The maximum Gasteiger partial charge on any atom is 0.161 e. The smallest absolute Gasteiger partial charge is 0.161 e. The minimum atomic E-state index is -4.69. The van der Waals surface area contributed by atoms with Crippen LogP contribution >= 0.6 is 0 Å². The van der Waals surface area contributed by atoms with E-state index >= 15 is 0 Å². The van der Waals surface area contributed by atoms with Gasteiger partial charge in [0.05, 0.1) is 14.9 Å². The third-order valence-electron chi connectivity index (χ3n) is 5.82. The molecular weight excluding hydrogens is 410 g/mol. The fraction of sp³-hybridized carbons (Fsp3) is 0.318. The van der Waals surface area contributed by atoms with Crippen LogP contribution in [0.5, 0.6) is 5.75 Å². The van der Waals surface area contributed by atoms with Gasteiger partial charge < -0.3 is 5.11 Å². The number of hydrogen-bond acceptors (Lipinski definition) is 7. The first-order valence-corrected chi connectivity index (χ1v) is 10.8. The summed E-state index contributed by atoms with van der Waals surface area (Å²) in [6.07, 6.45) is 4.46. The molecule has 8 heteroatoms. The summed E-state index contributed by atoms with van der Waals surface area (Å²) in [5, 5.41) is 9.90. The summed E-state index contributed by atoms with van der Waals surface area (Å²) >= 11 is 0. The van der Waals surface area contributed by atoms with Crippen molar-refractivity contribution in [1.29, 1.82) is 0 Å². The monoisotopic (exact) mass is 433 g/mol. The maximum absolute atomic E-state index is 13.1. The Labute approximate surface area is 177 Å². The molecule has 160 valence electrons. The number of hydrogen-bond donors (Lipinski definition) is 2. The van der Waals surface area contributed by atoms with E-state index in [0.717, 1.165) is 36.1 Å². The number of halogens is 1. The summed E-state index contributed by atoms with van der Waals surface area (Å²) < 4.78 is 32.7. The number of ketones is 1. The van der Waals surface area contributed by atoms with E-state index in [9.17, 15) is 9.90 Å². The van der Waals surface area contributed by atoms with Crippen molar-refractivity contribution in [3.63, 3.8) is 0 Å². The number of rotatable bonds is 2. The molecule has 2 aromatic carbocycles. The van der Waals surface area contributed by atoms with Crippen molar-refractivity contribution in [2.45, 2.75) is 30.7 Å². The van der Waals surface area contributed by atoms with Gasteiger partial charge in [0.15, 0.2) is 5.78 Å². The van der Waals surface area contributed by atoms with E-state index in [2.05, 4.69) is 24.1 Å². The SMILES string of the molecule is CN1CC[C@@]2(c3cccc(O)c3)CC(=O)/C(=C/c3ccccc3)[C@H]1C2.[O-][Cl+3]([O-])([O-])O. The highest BCUT2D eigenvalue weighted by molar-refractivity contribution is 6.02. The summed E-state index contributed by atoms with van der Waals surface area (Å²) in [4.78, 5) is 15.4. The van der Waals surface area contributed by atoms with Crippen LogP contribution < -0.4 is 14.0 Å². The highest BCUT2D eigenvalue weighted by Crippen LogP contribution is 2.47. The first-order chi connectivity index (χ1) is 14.1.